The Bertz CT molecular complexity index is 676. The number of amides is 3. The van der Waals surface area contributed by atoms with Gasteiger partial charge in [0.05, 0.1) is 18.4 Å². The van der Waals surface area contributed by atoms with E-state index in [9.17, 15) is 22.8 Å². The van der Waals surface area contributed by atoms with Gasteiger partial charge < -0.3 is 20.3 Å². The molecule has 0 bridgehead atoms. The van der Waals surface area contributed by atoms with Crippen molar-refractivity contribution in [3.8, 4) is 5.88 Å². The fourth-order valence-corrected chi connectivity index (χ4v) is 2.63. The average molecular weight is 417 g/mol. The van der Waals surface area contributed by atoms with Crippen LogP contribution in [0.25, 0.3) is 0 Å². The molecule has 1 aromatic rings. The van der Waals surface area contributed by atoms with Crippen LogP contribution in [0.1, 0.15) is 20.3 Å². The van der Waals surface area contributed by atoms with E-state index in [0.29, 0.717) is 38.4 Å². The maximum atomic E-state index is 12.3. The van der Waals surface area contributed by atoms with Gasteiger partial charge in [-0.05, 0) is 19.4 Å². The summed E-state index contributed by atoms with van der Waals surface area (Å²) in [4.78, 5) is 31.6. The number of carbonyl (C=O) groups is 2. The third-order valence-corrected chi connectivity index (χ3v) is 4.42. The summed E-state index contributed by atoms with van der Waals surface area (Å²) in [6, 6.07) is 2.48. The highest BCUT2D eigenvalue weighted by Crippen LogP contribution is 2.18. The predicted octanol–water partition coefficient (Wildman–Crippen LogP) is 2.09. The first-order valence-corrected chi connectivity index (χ1v) is 9.39. The smallest absolute Gasteiger partial charge is 0.422 e. The number of urea groups is 1. The van der Waals surface area contributed by atoms with Crippen molar-refractivity contribution in [1.82, 2.24) is 20.1 Å². The van der Waals surface area contributed by atoms with E-state index in [1.807, 2.05) is 18.7 Å². The van der Waals surface area contributed by atoms with Gasteiger partial charge in [0.1, 0.15) is 0 Å². The number of ether oxygens (including phenoxy) is 1. The second-order valence-corrected chi connectivity index (χ2v) is 6.86. The molecule has 29 heavy (non-hydrogen) atoms. The van der Waals surface area contributed by atoms with Crippen LogP contribution in [-0.2, 0) is 4.79 Å². The van der Waals surface area contributed by atoms with Crippen molar-refractivity contribution in [3.05, 3.63) is 18.3 Å². The quantitative estimate of drug-likeness (QED) is 0.710. The number of hydrogen-bond acceptors (Lipinski definition) is 5. The number of piperazine rings is 1. The van der Waals surface area contributed by atoms with Gasteiger partial charge in [-0.15, -0.1) is 0 Å². The molecule has 1 atom stereocenters. The summed E-state index contributed by atoms with van der Waals surface area (Å²) in [5.41, 5.74) is 0.352. The first kappa shape index (κ1) is 22.7. The molecule has 0 radical (unpaired) electrons. The fraction of sp³-hybridized carbons (Fsp3) is 0.611. The van der Waals surface area contributed by atoms with Gasteiger partial charge in [-0.3, -0.25) is 9.69 Å². The number of hydrogen-bond donors (Lipinski definition) is 2. The molecule has 8 nitrogen and oxygen atoms in total. The van der Waals surface area contributed by atoms with Crippen LogP contribution in [0.5, 0.6) is 5.88 Å². The Balaban J connectivity index is 1.74. The van der Waals surface area contributed by atoms with E-state index >= 15 is 0 Å². The number of nitrogens with zero attached hydrogens (tertiary/aromatic N) is 3. The Morgan fingerprint density at radius 1 is 1.24 bits per heavy atom. The summed E-state index contributed by atoms with van der Waals surface area (Å²) in [6.07, 6.45) is -2.34. The minimum Gasteiger partial charge on any atom is -0.468 e. The predicted molar refractivity (Wildman–Crippen MR) is 101 cm³/mol. The topological polar surface area (TPSA) is 86.8 Å². The molecule has 1 saturated heterocycles. The number of pyridine rings is 1. The summed E-state index contributed by atoms with van der Waals surface area (Å²) in [7, 11) is 0. The van der Waals surface area contributed by atoms with Crippen molar-refractivity contribution >= 4 is 17.6 Å². The molecule has 3 amide bonds. The largest absolute Gasteiger partial charge is 0.468 e. The normalized spacial score (nSPS) is 16.2. The summed E-state index contributed by atoms with van der Waals surface area (Å²) in [6.45, 7) is 4.89. The molecule has 0 aliphatic carbocycles. The van der Waals surface area contributed by atoms with E-state index in [-0.39, 0.29) is 23.9 Å². The van der Waals surface area contributed by atoms with Crippen molar-refractivity contribution in [2.24, 2.45) is 0 Å². The lowest BCUT2D eigenvalue weighted by atomic mass is 10.2. The van der Waals surface area contributed by atoms with Gasteiger partial charge >= 0.3 is 12.2 Å². The van der Waals surface area contributed by atoms with Crippen LogP contribution < -0.4 is 15.4 Å². The zero-order valence-electron chi connectivity index (χ0n) is 16.5. The molecule has 2 heterocycles. The summed E-state index contributed by atoms with van der Waals surface area (Å²) in [5, 5.41) is 5.56. The first-order chi connectivity index (χ1) is 13.7. The van der Waals surface area contributed by atoms with Gasteiger partial charge in [0.25, 0.3) is 0 Å². The van der Waals surface area contributed by atoms with Crippen molar-refractivity contribution in [1.29, 1.82) is 0 Å². The van der Waals surface area contributed by atoms with Gasteiger partial charge in [0.2, 0.25) is 11.8 Å². The maximum absolute atomic E-state index is 12.3. The molecular weight excluding hydrogens is 391 g/mol. The van der Waals surface area contributed by atoms with Crippen LogP contribution in [0.15, 0.2) is 18.3 Å². The molecule has 0 spiro atoms. The second kappa shape index (κ2) is 10.3. The number of aromatic nitrogens is 1. The molecule has 2 rings (SSSR count). The van der Waals surface area contributed by atoms with Gasteiger partial charge in [-0.2, -0.15) is 13.2 Å². The monoisotopic (exact) mass is 417 g/mol. The standard InChI is InChI=1S/C18H26F3N5O3/c1-3-13(2)23-15(27)11-25-6-8-26(9-7-25)17(28)24-14-4-5-16(22-10-14)29-12-18(19,20)21/h4-5,10,13H,3,6-9,11-12H2,1-2H3,(H,23,27)(H,24,28)/t13-/m1/s1. The number of carbonyl (C=O) groups excluding carboxylic acids is 2. The van der Waals surface area contributed by atoms with E-state index in [0.717, 1.165) is 6.42 Å². The van der Waals surface area contributed by atoms with Crippen LogP contribution in [0.2, 0.25) is 0 Å². The van der Waals surface area contributed by atoms with Gasteiger partial charge in [0, 0.05) is 38.3 Å². The molecule has 1 aliphatic heterocycles. The summed E-state index contributed by atoms with van der Waals surface area (Å²) in [5.74, 6) is -0.208. The molecule has 2 N–H and O–H groups in total. The first-order valence-electron chi connectivity index (χ1n) is 9.39. The maximum Gasteiger partial charge on any atom is 0.422 e. The highest BCUT2D eigenvalue weighted by Gasteiger charge is 2.28. The minimum atomic E-state index is -4.44. The van der Waals surface area contributed by atoms with Crippen LogP contribution in [0.4, 0.5) is 23.7 Å². The van der Waals surface area contributed by atoms with Crippen molar-refractivity contribution in [3.63, 3.8) is 0 Å². The second-order valence-electron chi connectivity index (χ2n) is 6.86. The highest BCUT2D eigenvalue weighted by molar-refractivity contribution is 5.89. The molecule has 1 fully saturated rings. The van der Waals surface area contributed by atoms with Gasteiger partial charge in [-0.1, -0.05) is 6.92 Å². The Morgan fingerprint density at radius 3 is 2.48 bits per heavy atom. The molecular formula is C18H26F3N5O3. The molecule has 0 aromatic carbocycles. The lowest BCUT2D eigenvalue weighted by molar-refractivity contribution is -0.154. The lowest BCUT2D eigenvalue weighted by Crippen LogP contribution is -2.52. The third kappa shape index (κ3) is 8.14. The van der Waals surface area contributed by atoms with Crippen molar-refractivity contribution in [2.45, 2.75) is 32.5 Å². The molecule has 1 aliphatic rings. The number of nitrogens with one attached hydrogen (secondary N) is 2. The number of anilines is 1. The van der Waals surface area contributed by atoms with E-state index in [4.69, 9.17) is 0 Å². The Kier molecular flexibility index (Phi) is 8.06. The van der Waals surface area contributed by atoms with Crippen molar-refractivity contribution in [2.75, 3.05) is 44.6 Å². The van der Waals surface area contributed by atoms with Crippen molar-refractivity contribution < 1.29 is 27.5 Å². The van der Waals surface area contributed by atoms with E-state index in [2.05, 4.69) is 20.4 Å². The lowest BCUT2D eigenvalue weighted by Gasteiger charge is -2.34. The Labute approximate surface area is 167 Å². The number of rotatable bonds is 7. The zero-order valence-corrected chi connectivity index (χ0v) is 16.5. The van der Waals surface area contributed by atoms with E-state index in [1.165, 1.54) is 18.3 Å². The highest BCUT2D eigenvalue weighted by atomic mass is 19.4. The number of alkyl halides is 3. The van der Waals surface area contributed by atoms with Crippen LogP contribution in [0, 0.1) is 0 Å². The molecule has 1 aromatic heterocycles. The van der Waals surface area contributed by atoms with Gasteiger partial charge in [0.15, 0.2) is 6.61 Å². The van der Waals surface area contributed by atoms with E-state index < -0.39 is 12.8 Å². The fourth-order valence-electron chi connectivity index (χ4n) is 2.63. The van der Waals surface area contributed by atoms with Gasteiger partial charge in [-0.25, -0.2) is 9.78 Å². The average Bonchev–Trinajstić information content (AvgIpc) is 2.67. The Morgan fingerprint density at radius 2 is 1.93 bits per heavy atom. The summed E-state index contributed by atoms with van der Waals surface area (Å²) < 4.78 is 40.9. The molecule has 11 heteroatoms. The summed E-state index contributed by atoms with van der Waals surface area (Å²) >= 11 is 0. The molecule has 0 unspecified atom stereocenters. The SMILES string of the molecule is CC[C@@H](C)NC(=O)CN1CCN(C(=O)Nc2ccc(OCC(F)(F)F)nc2)CC1. The van der Waals surface area contributed by atoms with E-state index in [1.54, 1.807) is 4.90 Å². The van der Waals surface area contributed by atoms with Crippen LogP contribution >= 0.6 is 0 Å². The zero-order chi connectivity index (χ0) is 21.4. The number of halogens is 3. The van der Waals surface area contributed by atoms with Crippen LogP contribution in [-0.4, -0.2) is 78.3 Å². The molecule has 162 valence electrons. The third-order valence-electron chi connectivity index (χ3n) is 4.42. The Hall–Kier alpha value is -2.56. The minimum absolute atomic E-state index is 0.0313. The van der Waals surface area contributed by atoms with Crippen LogP contribution in [0.3, 0.4) is 0 Å². The molecule has 0 saturated carbocycles.